The summed E-state index contributed by atoms with van der Waals surface area (Å²) in [6, 6.07) is 5.21. The van der Waals surface area contributed by atoms with Crippen LogP contribution in [0.15, 0.2) is 23.1 Å². The topological polar surface area (TPSA) is 75.7 Å². The number of benzene rings is 1. The van der Waals surface area contributed by atoms with Crippen LogP contribution < -0.4 is 5.32 Å². The van der Waals surface area contributed by atoms with Crippen molar-refractivity contribution in [2.75, 3.05) is 26.3 Å². The van der Waals surface area contributed by atoms with Crippen molar-refractivity contribution >= 4 is 15.9 Å². The third-order valence-electron chi connectivity index (χ3n) is 6.09. The number of amides is 1. The largest absolute Gasteiger partial charge is 0.379 e. The van der Waals surface area contributed by atoms with Gasteiger partial charge >= 0.3 is 0 Å². The Labute approximate surface area is 155 Å². The molecule has 1 aromatic carbocycles. The van der Waals surface area contributed by atoms with Crippen molar-refractivity contribution in [3.8, 4) is 0 Å². The van der Waals surface area contributed by atoms with Crippen molar-refractivity contribution in [1.82, 2.24) is 9.62 Å². The summed E-state index contributed by atoms with van der Waals surface area (Å²) in [6.45, 7) is 3.28. The van der Waals surface area contributed by atoms with E-state index in [1.165, 1.54) is 29.6 Å². The molecule has 2 aliphatic carbocycles. The van der Waals surface area contributed by atoms with Crippen LogP contribution in [0.25, 0.3) is 0 Å². The maximum atomic E-state index is 13.0. The Hall–Kier alpha value is -1.44. The highest BCUT2D eigenvalue weighted by Gasteiger charge is 2.40. The Bertz CT molecular complexity index is 802. The first-order valence-electron chi connectivity index (χ1n) is 9.44. The molecule has 3 aliphatic rings. The van der Waals surface area contributed by atoms with E-state index in [0.717, 1.165) is 12.3 Å². The summed E-state index contributed by atoms with van der Waals surface area (Å²) in [5.41, 5.74) is 1.08. The maximum Gasteiger partial charge on any atom is 0.251 e. The molecule has 7 heteroatoms. The summed E-state index contributed by atoms with van der Waals surface area (Å²) in [7, 11) is -3.61. The molecule has 1 aliphatic heterocycles. The number of nitrogens with one attached hydrogen (secondary N) is 1. The van der Waals surface area contributed by atoms with Gasteiger partial charge < -0.3 is 10.1 Å². The molecule has 2 bridgehead atoms. The van der Waals surface area contributed by atoms with Crippen LogP contribution in [0.2, 0.25) is 0 Å². The predicted octanol–water partition coefficient (Wildman–Crippen LogP) is 1.93. The first-order valence-corrected chi connectivity index (χ1v) is 10.9. The first-order chi connectivity index (χ1) is 12.4. The molecule has 1 aromatic rings. The quantitative estimate of drug-likeness (QED) is 0.869. The minimum Gasteiger partial charge on any atom is -0.379 e. The number of hydrogen-bond donors (Lipinski definition) is 1. The molecular weight excluding hydrogens is 352 g/mol. The summed E-state index contributed by atoms with van der Waals surface area (Å²) in [6.07, 6.45) is 4.75. The van der Waals surface area contributed by atoms with Gasteiger partial charge in [0.15, 0.2) is 0 Å². The third kappa shape index (κ3) is 3.28. The number of fused-ring (bicyclic) bond motifs is 2. The van der Waals surface area contributed by atoms with E-state index in [2.05, 4.69) is 5.32 Å². The van der Waals surface area contributed by atoms with E-state index in [1.807, 2.05) is 0 Å². The van der Waals surface area contributed by atoms with Crippen molar-refractivity contribution in [3.63, 3.8) is 0 Å². The van der Waals surface area contributed by atoms with Gasteiger partial charge in [0.2, 0.25) is 10.0 Å². The van der Waals surface area contributed by atoms with Crippen molar-refractivity contribution in [2.45, 2.75) is 43.5 Å². The normalized spacial score (nSPS) is 29.0. The zero-order valence-corrected chi connectivity index (χ0v) is 15.9. The summed E-state index contributed by atoms with van der Waals surface area (Å²) in [4.78, 5) is 12.9. The van der Waals surface area contributed by atoms with Gasteiger partial charge in [0.25, 0.3) is 5.91 Å². The van der Waals surface area contributed by atoms with E-state index in [4.69, 9.17) is 4.74 Å². The Balaban J connectivity index is 1.54. The molecule has 0 radical (unpaired) electrons. The lowest BCUT2D eigenvalue weighted by Crippen LogP contribution is -2.41. The summed E-state index contributed by atoms with van der Waals surface area (Å²) in [5.74, 6) is 1.17. The van der Waals surface area contributed by atoms with Gasteiger partial charge in [-0.05, 0) is 55.7 Å². The number of hydrogen-bond acceptors (Lipinski definition) is 4. The molecule has 1 saturated heterocycles. The molecule has 0 aromatic heterocycles. The number of morpholine rings is 1. The van der Waals surface area contributed by atoms with Gasteiger partial charge in [0, 0.05) is 24.7 Å². The van der Waals surface area contributed by atoms with E-state index < -0.39 is 10.0 Å². The molecule has 0 spiro atoms. The molecule has 1 amide bonds. The summed E-state index contributed by atoms with van der Waals surface area (Å²) < 4.78 is 32.6. The van der Waals surface area contributed by atoms with Gasteiger partial charge in [0.05, 0.1) is 18.1 Å². The van der Waals surface area contributed by atoms with Crippen molar-refractivity contribution in [3.05, 3.63) is 29.3 Å². The number of ether oxygens (including phenoxy) is 1. The molecule has 4 rings (SSSR count). The van der Waals surface area contributed by atoms with Crippen LogP contribution in [0.3, 0.4) is 0 Å². The van der Waals surface area contributed by atoms with Gasteiger partial charge in [-0.3, -0.25) is 4.79 Å². The van der Waals surface area contributed by atoms with Crippen LogP contribution >= 0.6 is 0 Å². The molecule has 0 unspecified atom stereocenters. The van der Waals surface area contributed by atoms with Crippen LogP contribution in [0, 0.1) is 18.8 Å². The zero-order valence-electron chi connectivity index (χ0n) is 15.1. The fourth-order valence-corrected chi connectivity index (χ4v) is 6.28. The standard InChI is InChI=1S/C19H26N2O4S/c1-13-2-4-16(19(22)20-17-11-14-3-5-15(17)10-14)12-18(13)26(23,24)21-6-8-25-9-7-21/h2,4,12,14-15,17H,3,5-11H2,1H3,(H,20,22)/t14-,15-,17+/m0/s1. The number of nitrogens with zero attached hydrogens (tertiary/aromatic N) is 1. The number of carbonyl (C=O) groups is 1. The minimum absolute atomic E-state index is 0.166. The van der Waals surface area contributed by atoms with Crippen molar-refractivity contribution < 1.29 is 17.9 Å². The Morgan fingerprint density at radius 3 is 2.62 bits per heavy atom. The van der Waals surface area contributed by atoms with Crippen molar-refractivity contribution in [2.24, 2.45) is 11.8 Å². The lowest BCUT2D eigenvalue weighted by molar-refractivity contribution is 0.0730. The van der Waals surface area contributed by atoms with E-state index in [-0.39, 0.29) is 16.8 Å². The second-order valence-electron chi connectivity index (χ2n) is 7.75. The van der Waals surface area contributed by atoms with Crippen LogP contribution in [0.1, 0.15) is 41.6 Å². The number of carbonyl (C=O) groups excluding carboxylic acids is 1. The van der Waals surface area contributed by atoms with Crippen LogP contribution in [-0.2, 0) is 14.8 Å². The molecular formula is C19H26N2O4S. The molecule has 1 N–H and O–H groups in total. The second kappa shape index (κ2) is 6.94. The average molecular weight is 378 g/mol. The molecule has 1 heterocycles. The summed E-state index contributed by atoms with van der Waals surface area (Å²) in [5, 5.41) is 3.14. The van der Waals surface area contributed by atoms with Gasteiger partial charge in [-0.1, -0.05) is 12.5 Å². The van der Waals surface area contributed by atoms with Gasteiger partial charge in [-0.15, -0.1) is 0 Å². The van der Waals surface area contributed by atoms with E-state index >= 15 is 0 Å². The Morgan fingerprint density at radius 1 is 1.19 bits per heavy atom. The molecule has 26 heavy (non-hydrogen) atoms. The van der Waals surface area contributed by atoms with Crippen molar-refractivity contribution in [1.29, 1.82) is 0 Å². The van der Waals surface area contributed by atoms with Crippen LogP contribution in [0.5, 0.6) is 0 Å². The molecule has 3 fully saturated rings. The maximum absolute atomic E-state index is 13.0. The van der Waals surface area contributed by atoms with Gasteiger partial charge in [0.1, 0.15) is 0 Å². The third-order valence-corrected chi connectivity index (χ3v) is 8.13. The lowest BCUT2D eigenvalue weighted by Gasteiger charge is -2.27. The number of aryl methyl sites for hydroxylation is 1. The van der Waals surface area contributed by atoms with Crippen LogP contribution in [0.4, 0.5) is 0 Å². The molecule has 3 atom stereocenters. The summed E-state index contributed by atoms with van der Waals surface area (Å²) >= 11 is 0. The zero-order chi connectivity index (χ0) is 18.3. The fourth-order valence-electron chi connectivity index (χ4n) is 4.62. The van der Waals surface area contributed by atoms with E-state index in [9.17, 15) is 13.2 Å². The average Bonchev–Trinajstić information content (AvgIpc) is 3.25. The number of sulfonamides is 1. The Morgan fingerprint density at radius 2 is 1.96 bits per heavy atom. The van der Waals surface area contributed by atoms with Gasteiger partial charge in [-0.2, -0.15) is 4.31 Å². The van der Waals surface area contributed by atoms with Gasteiger partial charge in [-0.25, -0.2) is 8.42 Å². The highest BCUT2D eigenvalue weighted by Crippen LogP contribution is 2.44. The molecule has 6 nitrogen and oxygen atoms in total. The van der Waals surface area contributed by atoms with E-state index in [0.29, 0.717) is 43.3 Å². The first kappa shape index (κ1) is 17.9. The highest BCUT2D eigenvalue weighted by molar-refractivity contribution is 7.89. The SMILES string of the molecule is Cc1ccc(C(=O)N[C@@H]2C[C@H]3CC[C@H]2C3)cc1S(=O)(=O)N1CCOCC1. The minimum atomic E-state index is -3.61. The number of rotatable bonds is 4. The molecule has 2 saturated carbocycles. The predicted molar refractivity (Wildman–Crippen MR) is 97.5 cm³/mol. The van der Waals surface area contributed by atoms with E-state index in [1.54, 1.807) is 19.1 Å². The Kier molecular flexibility index (Phi) is 4.79. The van der Waals surface area contributed by atoms with Crippen LogP contribution in [-0.4, -0.2) is 51.0 Å². The molecule has 142 valence electrons. The fraction of sp³-hybridized carbons (Fsp3) is 0.632. The highest BCUT2D eigenvalue weighted by atomic mass is 32.2. The smallest absolute Gasteiger partial charge is 0.251 e. The second-order valence-corrected chi connectivity index (χ2v) is 9.66. The lowest BCUT2D eigenvalue weighted by atomic mass is 9.95. The monoisotopic (exact) mass is 378 g/mol.